The number of aryl methyl sites for hydroxylation is 1. The van der Waals surface area contributed by atoms with Gasteiger partial charge < -0.3 is 20.0 Å². The fraction of sp³-hybridized carbons (Fsp3) is 0.370. The number of nitrogens with zero attached hydrogens (tertiary/aromatic N) is 4. The van der Waals surface area contributed by atoms with Crippen molar-refractivity contribution in [2.24, 2.45) is 0 Å². The minimum absolute atomic E-state index is 0.0423. The second kappa shape index (κ2) is 12.9. The number of aromatic nitrogens is 2. The van der Waals surface area contributed by atoms with Crippen LogP contribution in [0.25, 0.3) is 0 Å². The first-order valence-corrected chi connectivity index (χ1v) is 14.2. The van der Waals surface area contributed by atoms with Crippen LogP contribution in [0, 0.1) is 12.7 Å². The highest BCUT2D eigenvalue weighted by atomic mass is 32.2. The number of hydrogen-bond donors (Lipinski definition) is 2. The molecule has 210 valence electrons. The van der Waals surface area contributed by atoms with Crippen molar-refractivity contribution in [1.82, 2.24) is 24.6 Å². The third-order valence-corrected chi connectivity index (χ3v) is 8.55. The number of carbonyl (C=O) groups excluding carboxylic acids is 1. The summed E-state index contributed by atoms with van der Waals surface area (Å²) in [7, 11) is 2.36. The van der Waals surface area contributed by atoms with Crippen LogP contribution in [0.15, 0.2) is 65.8 Å². The van der Waals surface area contributed by atoms with Crippen molar-refractivity contribution in [2.75, 3.05) is 19.6 Å². The van der Waals surface area contributed by atoms with Gasteiger partial charge in [-0.05, 0) is 54.8 Å². The molecule has 3 atom stereocenters. The molecular formula is C27H31BFN5O5S. The number of sulfonamides is 1. The molecule has 0 spiro atoms. The van der Waals surface area contributed by atoms with E-state index in [-0.39, 0.29) is 43.3 Å². The van der Waals surface area contributed by atoms with Crippen LogP contribution in [-0.4, -0.2) is 84.5 Å². The Labute approximate surface area is 234 Å². The van der Waals surface area contributed by atoms with E-state index in [4.69, 9.17) is 12.7 Å². The Bertz CT molecular complexity index is 1430. The minimum Gasteiger partial charge on any atom is -0.489 e. The molecule has 1 amide bonds. The van der Waals surface area contributed by atoms with Crippen molar-refractivity contribution in [2.45, 2.75) is 50.0 Å². The van der Waals surface area contributed by atoms with Crippen LogP contribution in [-0.2, 0) is 27.8 Å². The molecule has 1 aliphatic heterocycles. The topological polar surface area (TPSA) is 125 Å². The van der Waals surface area contributed by atoms with Gasteiger partial charge in [-0.2, -0.15) is 14.5 Å². The summed E-state index contributed by atoms with van der Waals surface area (Å²) in [6.07, 6.45) is 1.82. The fourth-order valence-electron chi connectivity index (χ4n) is 4.68. The molecule has 0 unspecified atom stereocenters. The summed E-state index contributed by atoms with van der Waals surface area (Å²) in [5, 5.41) is 21.6. The number of rotatable bonds is 10. The summed E-state index contributed by atoms with van der Waals surface area (Å²) < 4.78 is 48.2. The summed E-state index contributed by atoms with van der Waals surface area (Å²) in [6.45, 7) is 3.46. The van der Waals surface area contributed by atoms with Crippen molar-refractivity contribution in [1.29, 1.82) is 0 Å². The molecule has 1 aromatic heterocycles. The molecule has 10 nitrogen and oxygen atoms in total. The van der Waals surface area contributed by atoms with E-state index >= 15 is 0 Å². The number of nitrogens with one attached hydrogen (secondary N) is 1. The molecule has 0 bridgehead atoms. The number of aliphatic hydroxyl groups excluding tert-OH is 1. The van der Waals surface area contributed by atoms with Gasteiger partial charge in [0.05, 0.1) is 23.2 Å². The van der Waals surface area contributed by atoms with E-state index in [9.17, 15) is 22.7 Å². The van der Waals surface area contributed by atoms with E-state index in [0.29, 0.717) is 5.56 Å². The number of halogens is 1. The van der Waals surface area contributed by atoms with Crippen LogP contribution < -0.4 is 10.1 Å². The molecule has 1 fully saturated rings. The number of ether oxygens (including phenoxy) is 1. The van der Waals surface area contributed by atoms with Crippen molar-refractivity contribution < 1.29 is 27.4 Å². The Balaban J connectivity index is 1.52. The average Bonchev–Trinajstić information content (AvgIpc) is 2.91. The van der Waals surface area contributed by atoms with E-state index in [2.05, 4.69) is 15.5 Å². The maximum atomic E-state index is 14.5. The van der Waals surface area contributed by atoms with Crippen LogP contribution in [0.1, 0.15) is 23.6 Å². The van der Waals surface area contributed by atoms with Gasteiger partial charge in [0.2, 0.25) is 15.9 Å². The zero-order valence-corrected chi connectivity index (χ0v) is 23.1. The molecule has 2 radical (unpaired) electrons. The number of hydrogen-bond acceptors (Lipinski definition) is 8. The molecule has 0 saturated carbocycles. The van der Waals surface area contributed by atoms with E-state index in [1.165, 1.54) is 46.6 Å². The van der Waals surface area contributed by atoms with E-state index < -0.39 is 39.9 Å². The number of aliphatic hydroxyl groups is 1. The Morgan fingerprint density at radius 2 is 2.00 bits per heavy atom. The van der Waals surface area contributed by atoms with Gasteiger partial charge in [0, 0.05) is 50.4 Å². The van der Waals surface area contributed by atoms with Gasteiger partial charge in [0.25, 0.3) is 0 Å². The second-order valence-electron chi connectivity index (χ2n) is 9.82. The Morgan fingerprint density at radius 3 is 2.70 bits per heavy atom. The third-order valence-electron chi connectivity index (χ3n) is 6.68. The highest BCUT2D eigenvalue weighted by Gasteiger charge is 2.39. The molecule has 40 heavy (non-hydrogen) atoms. The number of piperazine rings is 1. The zero-order chi connectivity index (χ0) is 28.9. The van der Waals surface area contributed by atoms with E-state index in [0.717, 1.165) is 11.1 Å². The average molecular weight is 567 g/mol. The Kier molecular flexibility index (Phi) is 9.51. The van der Waals surface area contributed by atoms with Crippen molar-refractivity contribution in [3.8, 4) is 5.75 Å². The predicted molar refractivity (Wildman–Crippen MR) is 146 cm³/mol. The van der Waals surface area contributed by atoms with Gasteiger partial charge in [-0.3, -0.25) is 4.79 Å². The van der Waals surface area contributed by atoms with Gasteiger partial charge in [-0.1, -0.05) is 12.1 Å². The summed E-state index contributed by atoms with van der Waals surface area (Å²) in [5.74, 6) is -0.702. The summed E-state index contributed by atoms with van der Waals surface area (Å²) in [6, 6.07) is 10.7. The van der Waals surface area contributed by atoms with Crippen LogP contribution >= 0.6 is 0 Å². The van der Waals surface area contributed by atoms with Crippen molar-refractivity contribution >= 4 is 23.9 Å². The van der Waals surface area contributed by atoms with Gasteiger partial charge >= 0.3 is 0 Å². The number of benzene rings is 2. The van der Waals surface area contributed by atoms with E-state index in [1.807, 2.05) is 0 Å². The molecular weight excluding hydrogens is 536 g/mol. The summed E-state index contributed by atoms with van der Waals surface area (Å²) in [4.78, 5) is 13.6. The first-order chi connectivity index (χ1) is 19.0. The van der Waals surface area contributed by atoms with Crippen LogP contribution in [0.3, 0.4) is 0 Å². The lowest BCUT2D eigenvalue weighted by Gasteiger charge is -2.43. The number of amides is 1. The molecule has 13 heteroatoms. The van der Waals surface area contributed by atoms with Crippen molar-refractivity contribution in [3.63, 3.8) is 0 Å². The zero-order valence-electron chi connectivity index (χ0n) is 22.3. The standard InChI is InChI=1S/C27H31BFN5O5S/c1-18-4-3-5-24(10-18)40(37,38)33-8-9-34(28)26(16-33)27(36)25(32-19(2)35)13-21-11-22(29)14-23(12-21)39-17-20-6-7-30-31-15-20/h3-7,10-12,14-15,25-27,36H,8-9,13,16-17H2,1-2H3,(H,32,35)/t25-,26+,27-/m0/s1. The largest absolute Gasteiger partial charge is 0.489 e. The van der Waals surface area contributed by atoms with Gasteiger partial charge in [-0.15, -0.1) is 0 Å². The quantitative estimate of drug-likeness (QED) is 0.352. The molecule has 1 saturated heterocycles. The lowest BCUT2D eigenvalue weighted by Crippen LogP contribution is -2.62. The maximum absolute atomic E-state index is 14.5. The monoisotopic (exact) mass is 567 g/mol. The lowest BCUT2D eigenvalue weighted by atomic mass is 9.92. The SMILES string of the molecule is [B]N1CCN(S(=O)(=O)c2cccc(C)c2)C[C@@H]1[C@@H](O)[C@H](Cc1cc(F)cc(OCc2ccnnc2)c1)NC(C)=O. The first-order valence-electron chi connectivity index (χ1n) is 12.7. The minimum atomic E-state index is -3.84. The first kappa shape index (κ1) is 29.6. The summed E-state index contributed by atoms with van der Waals surface area (Å²) in [5.41, 5.74) is 2.01. The van der Waals surface area contributed by atoms with Gasteiger partial charge in [0.15, 0.2) is 7.98 Å². The smallest absolute Gasteiger partial charge is 0.243 e. The molecule has 0 aliphatic carbocycles. The molecule has 3 aromatic rings. The van der Waals surface area contributed by atoms with Crippen LogP contribution in [0.4, 0.5) is 4.39 Å². The normalized spacial score (nSPS) is 18.1. The lowest BCUT2D eigenvalue weighted by molar-refractivity contribution is -0.121. The fourth-order valence-corrected chi connectivity index (χ4v) is 6.23. The molecule has 1 aliphatic rings. The van der Waals surface area contributed by atoms with Gasteiger partial charge in [-0.25, -0.2) is 12.8 Å². The number of carbonyl (C=O) groups is 1. The van der Waals surface area contributed by atoms with Gasteiger partial charge in [0.1, 0.15) is 18.2 Å². The third kappa shape index (κ3) is 7.42. The molecule has 2 aromatic carbocycles. The predicted octanol–water partition coefficient (Wildman–Crippen LogP) is 1.37. The van der Waals surface area contributed by atoms with Crippen molar-refractivity contribution in [3.05, 3.63) is 83.4 Å². The van der Waals surface area contributed by atoms with Crippen LogP contribution in [0.5, 0.6) is 5.75 Å². The Morgan fingerprint density at radius 1 is 1.20 bits per heavy atom. The molecule has 2 N–H and O–H groups in total. The van der Waals surface area contributed by atoms with Crippen LogP contribution in [0.2, 0.25) is 0 Å². The maximum Gasteiger partial charge on any atom is 0.243 e. The highest BCUT2D eigenvalue weighted by molar-refractivity contribution is 7.89. The molecule has 4 rings (SSSR count). The summed E-state index contributed by atoms with van der Waals surface area (Å²) >= 11 is 0. The second-order valence-corrected chi connectivity index (χ2v) is 11.8. The Hall–Kier alpha value is -3.39. The highest BCUT2D eigenvalue weighted by Crippen LogP contribution is 2.24. The van der Waals surface area contributed by atoms with E-state index in [1.54, 1.807) is 37.3 Å². The molecule has 2 heterocycles.